The molecule has 0 radical (unpaired) electrons. The Morgan fingerprint density at radius 3 is 2.78 bits per heavy atom. The molecular weight excluding hydrogens is 226 g/mol. The van der Waals surface area contributed by atoms with E-state index >= 15 is 0 Å². The van der Waals surface area contributed by atoms with Gasteiger partial charge in [0.1, 0.15) is 0 Å². The molecule has 0 saturated heterocycles. The molecule has 1 amide bonds. The lowest BCUT2D eigenvalue weighted by Crippen LogP contribution is -2.32. The van der Waals surface area contributed by atoms with Gasteiger partial charge in [-0.3, -0.25) is 9.69 Å². The number of benzene rings is 1. The molecule has 1 fully saturated rings. The normalized spacial score (nSPS) is 21.9. The smallest absolute Gasteiger partial charge is 0.238 e. The van der Waals surface area contributed by atoms with Gasteiger partial charge in [-0.05, 0) is 37.4 Å². The molecular formula is C14H21N3O. The Morgan fingerprint density at radius 1 is 1.50 bits per heavy atom. The molecule has 1 aliphatic rings. The van der Waals surface area contributed by atoms with Crippen LogP contribution in [0.25, 0.3) is 0 Å². The SMILES string of the molecule is CC1CC1CN(C)CC(=O)Nc1ccccc1N. The Balaban J connectivity index is 1.79. The predicted octanol–water partition coefficient (Wildman–Crippen LogP) is 1.80. The van der Waals surface area contributed by atoms with Crippen LogP contribution in [0.5, 0.6) is 0 Å². The van der Waals surface area contributed by atoms with Crippen LogP contribution < -0.4 is 11.1 Å². The van der Waals surface area contributed by atoms with Crippen LogP contribution in [-0.2, 0) is 4.79 Å². The molecule has 0 aliphatic heterocycles. The van der Waals surface area contributed by atoms with Crippen LogP contribution in [0.15, 0.2) is 24.3 Å². The molecule has 1 aromatic carbocycles. The molecule has 4 heteroatoms. The van der Waals surface area contributed by atoms with Crippen LogP contribution in [0.1, 0.15) is 13.3 Å². The van der Waals surface area contributed by atoms with Gasteiger partial charge < -0.3 is 11.1 Å². The molecule has 2 rings (SSSR count). The third-order valence-corrected chi connectivity index (χ3v) is 3.47. The second-order valence-electron chi connectivity index (χ2n) is 5.31. The molecule has 98 valence electrons. The zero-order valence-electron chi connectivity index (χ0n) is 11.0. The molecule has 1 aliphatic carbocycles. The van der Waals surface area contributed by atoms with Gasteiger partial charge in [-0.2, -0.15) is 0 Å². The maximum Gasteiger partial charge on any atom is 0.238 e. The van der Waals surface area contributed by atoms with Crippen molar-refractivity contribution in [2.24, 2.45) is 11.8 Å². The number of nitrogens with one attached hydrogen (secondary N) is 1. The average Bonchev–Trinajstić information content (AvgIpc) is 2.97. The number of carbonyl (C=O) groups is 1. The average molecular weight is 247 g/mol. The number of nitrogens with two attached hydrogens (primary N) is 1. The summed E-state index contributed by atoms with van der Waals surface area (Å²) in [5.41, 5.74) is 7.07. The molecule has 0 bridgehead atoms. The largest absolute Gasteiger partial charge is 0.397 e. The Hall–Kier alpha value is -1.55. The number of amides is 1. The first-order chi connectivity index (χ1) is 8.56. The van der Waals surface area contributed by atoms with Gasteiger partial charge in [-0.15, -0.1) is 0 Å². The van der Waals surface area contributed by atoms with Crippen molar-refractivity contribution in [3.05, 3.63) is 24.3 Å². The lowest BCUT2D eigenvalue weighted by molar-refractivity contribution is -0.117. The maximum atomic E-state index is 11.9. The van der Waals surface area contributed by atoms with Crippen molar-refractivity contribution in [1.29, 1.82) is 0 Å². The number of nitrogen functional groups attached to an aromatic ring is 1. The van der Waals surface area contributed by atoms with E-state index in [4.69, 9.17) is 5.73 Å². The number of anilines is 2. The lowest BCUT2D eigenvalue weighted by atomic mass is 10.2. The summed E-state index contributed by atoms with van der Waals surface area (Å²) in [7, 11) is 1.99. The first-order valence-electron chi connectivity index (χ1n) is 6.39. The summed E-state index contributed by atoms with van der Waals surface area (Å²) in [5, 5.41) is 2.84. The number of hydrogen-bond acceptors (Lipinski definition) is 3. The second-order valence-corrected chi connectivity index (χ2v) is 5.31. The summed E-state index contributed by atoms with van der Waals surface area (Å²) in [4.78, 5) is 13.9. The van der Waals surface area contributed by atoms with E-state index in [1.807, 2.05) is 25.2 Å². The van der Waals surface area contributed by atoms with Gasteiger partial charge in [0.25, 0.3) is 0 Å². The zero-order valence-corrected chi connectivity index (χ0v) is 11.0. The van der Waals surface area contributed by atoms with Crippen LogP contribution in [0.2, 0.25) is 0 Å². The van der Waals surface area contributed by atoms with Gasteiger partial charge in [0.2, 0.25) is 5.91 Å². The fraction of sp³-hybridized carbons (Fsp3) is 0.500. The topological polar surface area (TPSA) is 58.4 Å². The van der Waals surface area contributed by atoms with E-state index in [9.17, 15) is 4.79 Å². The van der Waals surface area contributed by atoms with E-state index in [2.05, 4.69) is 17.1 Å². The highest BCUT2D eigenvalue weighted by atomic mass is 16.2. The van der Waals surface area contributed by atoms with Crippen molar-refractivity contribution in [3.8, 4) is 0 Å². The number of likely N-dealkylation sites (N-methyl/N-ethyl adjacent to an activating group) is 1. The molecule has 3 N–H and O–H groups in total. The highest BCUT2D eigenvalue weighted by Crippen LogP contribution is 2.37. The number of nitrogens with zero attached hydrogens (tertiary/aromatic N) is 1. The lowest BCUT2D eigenvalue weighted by Gasteiger charge is -2.16. The second kappa shape index (κ2) is 5.40. The minimum Gasteiger partial charge on any atom is -0.397 e. The highest BCUT2D eigenvalue weighted by molar-refractivity contribution is 5.95. The van der Waals surface area contributed by atoms with Crippen LogP contribution >= 0.6 is 0 Å². The third kappa shape index (κ3) is 3.47. The minimum atomic E-state index is -0.0105. The van der Waals surface area contributed by atoms with Crippen LogP contribution in [0.3, 0.4) is 0 Å². The summed E-state index contributed by atoms with van der Waals surface area (Å²) < 4.78 is 0. The monoisotopic (exact) mass is 247 g/mol. The Morgan fingerprint density at radius 2 is 2.17 bits per heavy atom. The Kier molecular flexibility index (Phi) is 3.87. The molecule has 0 aromatic heterocycles. The third-order valence-electron chi connectivity index (χ3n) is 3.47. The first-order valence-corrected chi connectivity index (χ1v) is 6.39. The van der Waals surface area contributed by atoms with E-state index in [0.29, 0.717) is 17.9 Å². The first kappa shape index (κ1) is 12.9. The van der Waals surface area contributed by atoms with Gasteiger partial charge in [0, 0.05) is 6.54 Å². The maximum absolute atomic E-state index is 11.9. The predicted molar refractivity (Wildman–Crippen MR) is 74.3 cm³/mol. The van der Waals surface area contributed by atoms with Crippen molar-refractivity contribution in [2.75, 3.05) is 31.2 Å². The number of carbonyl (C=O) groups excluding carboxylic acids is 1. The summed E-state index contributed by atoms with van der Waals surface area (Å²) in [6.07, 6.45) is 1.29. The zero-order chi connectivity index (χ0) is 13.1. The minimum absolute atomic E-state index is 0.0105. The Labute approximate surface area is 108 Å². The van der Waals surface area contributed by atoms with E-state index in [1.54, 1.807) is 6.07 Å². The van der Waals surface area contributed by atoms with Crippen LogP contribution in [0, 0.1) is 11.8 Å². The number of hydrogen-bond donors (Lipinski definition) is 2. The number of para-hydroxylation sites is 2. The van der Waals surface area contributed by atoms with E-state index < -0.39 is 0 Å². The molecule has 2 atom stereocenters. The molecule has 2 unspecified atom stereocenters. The van der Waals surface area contributed by atoms with Crippen molar-refractivity contribution in [3.63, 3.8) is 0 Å². The van der Waals surface area contributed by atoms with Gasteiger partial charge in [-0.1, -0.05) is 19.1 Å². The highest BCUT2D eigenvalue weighted by Gasteiger charge is 2.33. The van der Waals surface area contributed by atoms with Crippen molar-refractivity contribution >= 4 is 17.3 Å². The van der Waals surface area contributed by atoms with E-state index in [0.717, 1.165) is 18.4 Å². The van der Waals surface area contributed by atoms with Crippen molar-refractivity contribution < 1.29 is 4.79 Å². The van der Waals surface area contributed by atoms with Crippen molar-refractivity contribution in [1.82, 2.24) is 4.90 Å². The molecule has 4 nitrogen and oxygen atoms in total. The van der Waals surface area contributed by atoms with Gasteiger partial charge in [0.05, 0.1) is 17.9 Å². The standard InChI is InChI=1S/C14H21N3O/c1-10-7-11(10)8-17(2)9-14(18)16-13-6-4-3-5-12(13)15/h3-6,10-11H,7-9,15H2,1-2H3,(H,16,18). The molecule has 0 heterocycles. The summed E-state index contributed by atoms with van der Waals surface area (Å²) in [5.74, 6) is 1.58. The van der Waals surface area contributed by atoms with Gasteiger partial charge >= 0.3 is 0 Å². The summed E-state index contributed by atoms with van der Waals surface area (Å²) in [6.45, 7) is 3.67. The van der Waals surface area contributed by atoms with E-state index in [-0.39, 0.29) is 5.91 Å². The van der Waals surface area contributed by atoms with Crippen molar-refractivity contribution in [2.45, 2.75) is 13.3 Å². The quantitative estimate of drug-likeness (QED) is 0.780. The van der Waals surface area contributed by atoms with Crippen LogP contribution in [0.4, 0.5) is 11.4 Å². The van der Waals surface area contributed by atoms with Gasteiger partial charge in [0.15, 0.2) is 0 Å². The molecule has 0 spiro atoms. The fourth-order valence-electron chi connectivity index (χ4n) is 2.16. The number of rotatable bonds is 5. The molecule has 18 heavy (non-hydrogen) atoms. The fourth-order valence-corrected chi connectivity index (χ4v) is 2.16. The molecule has 1 aromatic rings. The Bertz CT molecular complexity index is 433. The summed E-state index contributed by atoms with van der Waals surface area (Å²) in [6, 6.07) is 7.31. The van der Waals surface area contributed by atoms with Gasteiger partial charge in [-0.25, -0.2) is 0 Å². The summed E-state index contributed by atoms with van der Waals surface area (Å²) >= 11 is 0. The van der Waals surface area contributed by atoms with E-state index in [1.165, 1.54) is 6.42 Å². The molecule has 1 saturated carbocycles. The van der Waals surface area contributed by atoms with Crippen LogP contribution in [-0.4, -0.2) is 30.9 Å².